The minimum absolute atomic E-state index is 0. The van der Waals surface area contributed by atoms with Gasteiger partial charge in [0.1, 0.15) is 0 Å². The summed E-state index contributed by atoms with van der Waals surface area (Å²) in [6.45, 7) is 3.55. The molecule has 0 bridgehead atoms. The quantitative estimate of drug-likeness (QED) is 0.883. The summed E-state index contributed by atoms with van der Waals surface area (Å²) in [6, 6.07) is 2.25. The van der Waals surface area contributed by atoms with E-state index in [2.05, 4.69) is 28.8 Å². The van der Waals surface area contributed by atoms with Crippen LogP contribution in [-0.2, 0) is 6.54 Å². The second-order valence-corrected chi connectivity index (χ2v) is 4.06. The summed E-state index contributed by atoms with van der Waals surface area (Å²) in [7, 11) is 2.05. The van der Waals surface area contributed by atoms with E-state index in [1.807, 2.05) is 22.9 Å². The molecule has 0 aromatic carbocycles. The van der Waals surface area contributed by atoms with Gasteiger partial charge in [-0.1, -0.05) is 0 Å². The normalized spacial score (nSPS) is 12.7. The smallest absolute Gasteiger partial charge is 0.233 e. The number of hydrogen-bond acceptors (Lipinski definition) is 4. The number of likely N-dealkylation sites (N-methyl/N-ethyl adjacent to an activating group) is 1. The van der Waals surface area contributed by atoms with Gasteiger partial charge in [0.2, 0.25) is 5.78 Å². The number of halogens is 1. The lowest BCUT2D eigenvalue weighted by Crippen LogP contribution is -2.34. The van der Waals surface area contributed by atoms with Crippen LogP contribution in [0.3, 0.4) is 0 Å². The molecule has 5 nitrogen and oxygen atoms in total. The third-order valence-corrected chi connectivity index (χ3v) is 2.79. The topological polar surface area (TPSA) is 59.5 Å². The molecular formula is C11H18ClN5. The first kappa shape index (κ1) is 13.9. The molecule has 0 saturated carbocycles. The van der Waals surface area contributed by atoms with Gasteiger partial charge in [-0.3, -0.25) is 9.30 Å². The number of imidazole rings is 1. The standard InChI is InChI=1S/C11H17N5.ClH/c1-9(6-12)15(2)7-10-8-16-5-3-4-13-11(16)14-10;/h3-5,8-9H,6-7,12H2,1-2H3;1H. The summed E-state index contributed by atoms with van der Waals surface area (Å²) in [4.78, 5) is 10.8. The third-order valence-electron chi connectivity index (χ3n) is 2.79. The Morgan fingerprint density at radius 3 is 2.94 bits per heavy atom. The van der Waals surface area contributed by atoms with E-state index in [-0.39, 0.29) is 12.4 Å². The second kappa shape index (κ2) is 5.95. The lowest BCUT2D eigenvalue weighted by Gasteiger charge is -2.21. The van der Waals surface area contributed by atoms with Gasteiger partial charge in [-0.2, -0.15) is 0 Å². The first-order chi connectivity index (χ1) is 7.70. The lowest BCUT2D eigenvalue weighted by atomic mass is 10.3. The Hall–Kier alpha value is -1.17. The van der Waals surface area contributed by atoms with Crippen molar-refractivity contribution in [3.63, 3.8) is 0 Å². The van der Waals surface area contributed by atoms with E-state index in [1.54, 1.807) is 6.20 Å². The molecule has 0 fully saturated rings. The average Bonchev–Trinajstić information content (AvgIpc) is 2.69. The fourth-order valence-electron chi connectivity index (χ4n) is 1.55. The Labute approximate surface area is 107 Å². The number of fused-ring (bicyclic) bond motifs is 1. The summed E-state index contributed by atoms with van der Waals surface area (Å²) >= 11 is 0. The van der Waals surface area contributed by atoms with Crippen LogP contribution in [0.4, 0.5) is 0 Å². The fourth-order valence-corrected chi connectivity index (χ4v) is 1.55. The molecule has 1 unspecified atom stereocenters. The van der Waals surface area contributed by atoms with Crippen molar-refractivity contribution in [3.05, 3.63) is 30.4 Å². The van der Waals surface area contributed by atoms with Gasteiger partial charge >= 0.3 is 0 Å². The van der Waals surface area contributed by atoms with Gasteiger partial charge in [0.25, 0.3) is 0 Å². The molecule has 0 amide bonds. The number of nitrogens with two attached hydrogens (primary N) is 1. The van der Waals surface area contributed by atoms with Crippen molar-refractivity contribution >= 4 is 18.2 Å². The summed E-state index contributed by atoms with van der Waals surface area (Å²) in [5.41, 5.74) is 6.64. The van der Waals surface area contributed by atoms with Gasteiger partial charge in [0, 0.05) is 37.7 Å². The minimum atomic E-state index is 0. The van der Waals surface area contributed by atoms with E-state index >= 15 is 0 Å². The van der Waals surface area contributed by atoms with Gasteiger partial charge in [-0.15, -0.1) is 12.4 Å². The van der Waals surface area contributed by atoms with Crippen LogP contribution in [0.1, 0.15) is 12.6 Å². The maximum Gasteiger partial charge on any atom is 0.233 e. The number of rotatable bonds is 4. The highest BCUT2D eigenvalue weighted by Gasteiger charge is 2.10. The minimum Gasteiger partial charge on any atom is -0.329 e. The molecule has 1 atom stereocenters. The molecular weight excluding hydrogens is 238 g/mol. The Kier molecular flexibility index (Phi) is 4.86. The second-order valence-electron chi connectivity index (χ2n) is 4.06. The molecule has 0 aliphatic carbocycles. The fraction of sp³-hybridized carbons (Fsp3) is 0.455. The zero-order valence-electron chi connectivity index (χ0n) is 10.1. The molecule has 2 heterocycles. The SMILES string of the molecule is CC(CN)N(C)Cc1cn2cccnc2n1.Cl. The van der Waals surface area contributed by atoms with Crippen molar-refractivity contribution in [1.29, 1.82) is 0 Å². The molecule has 17 heavy (non-hydrogen) atoms. The first-order valence-electron chi connectivity index (χ1n) is 5.39. The van der Waals surface area contributed by atoms with E-state index in [1.165, 1.54) is 0 Å². The third kappa shape index (κ3) is 3.15. The van der Waals surface area contributed by atoms with Crippen molar-refractivity contribution < 1.29 is 0 Å². The first-order valence-corrected chi connectivity index (χ1v) is 5.39. The van der Waals surface area contributed by atoms with Gasteiger partial charge in [0.15, 0.2) is 0 Å². The zero-order valence-corrected chi connectivity index (χ0v) is 10.9. The van der Waals surface area contributed by atoms with Crippen LogP contribution in [0.25, 0.3) is 5.78 Å². The Morgan fingerprint density at radius 2 is 2.29 bits per heavy atom. The summed E-state index contributed by atoms with van der Waals surface area (Å²) in [5.74, 6) is 0.742. The van der Waals surface area contributed by atoms with Crippen molar-refractivity contribution in [1.82, 2.24) is 19.3 Å². The molecule has 0 radical (unpaired) electrons. The molecule has 94 valence electrons. The molecule has 0 aliphatic heterocycles. The van der Waals surface area contributed by atoms with E-state index < -0.39 is 0 Å². The van der Waals surface area contributed by atoms with Crippen LogP contribution in [0.15, 0.2) is 24.7 Å². The maximum absolute atomic E-state index is 5.62. The Balaban J connectivity index is 0.00000144. The van der Waals surface area contributed by atoms with Gasteiger partial charge in [-0.25, -0.2) is 9.97 Å². The monoisotopic (exact) mass is 255 g/mol. The number of aromatic nitrogens is 3. The average molecular weight is 256 g/mol. The Morgan fingerprint density at radius 1 is 1.53 bits per heavy atom. The van der Waals surface area contributed by atoms with E-state index in [0.717, 1.165) is 18.0 Å². The summed E-state index contributed by atoms with van der Waals surface area (Å²) in [6.07, 6.45) is 5.70. The van der Waals surface area contributed by atoms with E-state index in [4.69, 9.17) is 5.73 Å². The van der Waals surface area contributed by atoms with Crippen molar-refractivity contribution in [2.75, 3.05) is 13.6 Å². The zero-order chi connectivity index (χ0) is 11.5. The molecule has 2 aromatic rings. The molecule has 0 saturated heterocycles. The molecule has 2 aromatic heterocycles. The molecule has 2 N–H and O–H groups in total. The maximum atomic E-state index is 5.62. The molecule has 2 rings (SSSR count). The van der Waals surface area contributed by atoms with E-state index in [0.29, 0.717) is 12.6 Å². The largest absolute Gasteiger partial charge is 0.329 e. The number of hydrogen-bond donors (Lipinski definition) is 1. The van der Waals surface area contributed by atoms with Crippen LogP contribution in [0, 0.1) is 0 Å². The van der Waals surface area contributed by atoms with Crippen molar-refractivity contribution in [3.8, 4) is 0 Å². The van der Waals surface area contributed by atoms with Gasteiger partial charge in [-0.05, 0) is 20.0 Å². The highest BCUT2D eigenvalue weighted by atomic mass is 35.5. The van der Waals surface area contributed by atoms with Crippen LogP contribution < -0.4 is 5.73 Å². The van der Waals surface area contributed by atoms with Gasteiger partial charge in [0.05, 0.1) is 5.69 Å². The van der Waals surface area contributed by atoms with Crippen molar-refractivity contribution in [2.45, 2.75) is 19.5 Å². The predicted octanol–water partition coefficient (Wildman–Crippen LogP) is 0.930. The Bertz CT molecular complexity index is 437. The van der Waals surface area contributed by atoms with Crippen LogP contribution in [-0.4, -0.2) is 38.9 Å². The highest BCUT2D eigenvalue weighted by Crippen LogP contribution is 2.06. The summed E-state index contributed by atoms with van der Waals surface area (Å²) < 4.78 is 1.93. The molecule has 6 heteroatoms. The number of nitrogens with zero attached hydrogens (tertiary/aromatic N) is 4. The molecule has 0 spiro atoms. The highest BCUT2D eigenvalue weighted by molar-refractivity contribution is 5.85. The summed E-state index contributed by atoms with van der Waals surface area (Å²) in [5, 5.41) is 0. The molecule has 0 aliphatic rings. The van der Waals surface area contributed by atoms with Gasteiger partial charge < -0.3 is 5.73 Å². The van der Waals surface area contributed by atoms with Crippen LogP contribution in [0.5, 0.6) is 0 Å². The van der Waals surface area contributed by atoms with E-state index in [9.17, 15) is 0 Å². The van der Waals surface area contributed by atoms with Crippen molar-refractivity contribution in [2.24, 2.45) is 5.73 Å². The predicted molar refractivity (Wildman–Crippen MR) is 70.2 cm³/mol. The van der Waals surface area contributed by atoms with Crippen LogP contribution >= 0.6 is 12.4 Å². The lowest BCUT2D eigenvalue weighted by molar-refractivity contribution is 0.252. The van der Waals surface area contributed by atoms with Crippen LogP contribution in [0.2, 0.25) is 0 Å².